The molecule has 0 saturated heterocycles. The summed E-state index contributed by atoms with van der Waals surface area (Å²) >= 11 is 0. The zero-order valence-electron chi connectivity index (χ0n) is 17.8. The summed E-state index contributed by atoms with van der Waals surface area (Å²) in [6, 6.07) is 25.5. The van der Waals surface area contributed by atoms with Crippen LogP contribution >= 0.6 is 0 Å². The molecule has 4 nitrogen and oxygen atoms in total. The quantitative estimate of drug-likeness (QED) is 0.259. The van der Waals surface area contributed by atoms with Gasteiger partial charge in [-0.2, -0.15) is 0 Å². The summed E-state index contributed by atoms with van der Waals surface area (Å²) in [5.41, 5.74) is 3.17. The molecule has 0 bridgehead atoms. The number of aryl methyl sites for hydroxylation is 1. The van der Waals surface area contributed by atoms with E-state index in [1.807, 2.05) is 74.5 Å². The van der Waals surface area contributed by atoms with Crippen LogP contribution in [0.3, 0.4) is 0 Å². The maximum absolute atomic E-state index is 13.9. The Morgan fingerprint density at radius 3 is 1.81 bits per heavy atom. The van der Waals surface area contributed by atoms with Crippen molar-refractivity contribution in [2.75, 3.05) is 0 Å². The zero-order valence-corrected chi connectivity index (χ0v) is 18.6. The van der Waals surface area contributed by atoms with Crippen LogP contribution in [0.25, 0.3) is 5.57 Å². The molecule has 0 aliphatic carbocycles. The van der Waals surface area contributed by atoms with Gasteiger partial charge in [-0.05, 0) is 43.0 Å². The van der Waals surface area contributed by atoms with Gasteiger partial charge in [-0.25, -0.2) is 8.42 Å². The maximum atomic E-state index is 13.9. The van der Waals surface area contributed by atoms with Crippen LogP contribution in [0.5, 0.6) is 0 Å². The number of sulfone groups is 1. The van der Waals surface area contributed by atoms with Gasteiger partial charge in [0, 0.05) is 5.57 Å². The molecular weight excluding hydrogens is 406 g/mol. The molecule has 0 aliphatic rings. The fourth-order valence-corrected chi connectivity index (χ4v) is 5.15. The minimum absolute atomic E-state index is 0.0460. The molecule has 0 heterocycles. The Labute approximate surface area is 184 Å². The largest absolute Gasteiger partial charge is 0.411 e. The molecule has 160 valence electrons. The van der Waals surface area contributed by atoms with Gasteiger partial charge in [-0.3, -0.25) is 0 Å². The van der Waals surface area contributed by atoms with E-state index in [0.717, 1.165) is 23.1 Å². The molecule has 0 amide bonds. The van der Waals surface area contributed by atoms with Gasteiger partial charge in [0.25, 0.3) is 0 Å². The average molecular weight is 434 g/mol. The lowest BCUT2D eigenvalue weighted by Crippen LogP contribution is -2.17. The Bertz CT molecular complexity index is 1120. The first-order valence-electron chi connectivity index (χ1n) is 10.4. The van der Waals surface area contributed by atoms with Crippen LogP contribution in [-0.2, 0) is 9.84 Å². The van der Waals surface area contributed by atoms with Crippen LogP contribution < -0.4 is 0 Å². The van der Waals surface area contributed by atoms with Crippen LogP contribution in [0, 0.1) is 6.92 Å². The summed E-state index contributed by atoms with van der Waals surface area (Å²) in [4.78, 5) is 0.222. The van der Waals surface area contributed by atoms with E-state index in [-0.39, 0.29) is 15.5 Å². The minimum Gasteiger partial charge on any atom is -0.411 e. The third kappa shape index (κ3) is 5.12. The number of rotatable bonds is 8. The topological polar surface area (TPSA) is 66.7 Å². The smallest absolute Gasteiger partial charge is 0.209 e. The van der Waals surface area contributed by atoms with Gasteiger partial charge >= 0.3 is 0 Å². The van der Waals surface area contributed by atoms with E-state index in [4.69, 9.17) is 0 Å². The molecule has 0 fully saturated rings. The Balaban J connectivity index is 2.41. The Hall–Kier alpha value is -3.18. The summed E-state index contributed by atoms with van der Waals surface area (Å²) in [6.45, 7) is 3.93. The lowest BCUT2D eigenvalue weighted by atomic mass is 9.95. The number of unbranched alkanes of at least 4 members (excludes halogenated alkanes) is 1. The molecule has 3 aromatic rings. The van der Waals surface area contributed by atoms with E-state index < -0.39 is 9.84 Å². The summed E-state index contributed by atoms with van der Waals surface area (Å²) in [5.74, 6) is 0. The standard InChI is InChI=1S/C26H27NO3S/c1-3-4-15-24(27-28)26(31(29,30)23-18-16-20(2)17-19-23)25(21-11-7-5-8-12-21)22-13-9-6-10-14-22/h5-14,16-19,28H,3-4,15H2,1-2H3/b27-24+. The van der Waals surface area contributed by atoms with Gasteiger partial charge in [0.15, 0.2) is 0 Å². The van der Waals surface area contributed by atoms with Crippen molar-refractivity contribution in [2.24, 2.45) is 5.16 Å². The number of hydrogen-bond donors (Lipinski definition) is 1. The number of benzene rings is 3. The highest BCUT2D eigenvalue weighted by atomic mass is 32.2. The summed E-state index contributed by atoms with van der Waals surface area (Å²) in [7, 11) is -3.97. The van der Waals surface area contributed by atoms with Crippen molar-refractivity contribution in [3.63, 3.8) is 0 Å². The first-order valence-corrected chi connectivity index (χ1v) is 11.9. The fraction of sp³-hybridized carbons (Fsp3) is 0.192. The summed E-state index contributed by atoms with van der Waals surface area (Å²) in [6.07, 6.45) is 1.92. The molecule has 0 unspecified atom stereocenters. The van der Waals surface area contributed by atoms with Gasteiger partial charge in [0.05, 0.1) is 10.6 Å². The van der Waals surface area contributed by atoms with Crippen LogP contribution in [0.15, 0.2) is 99.9 Å². The molecule has 0 saturated carbocycles. The highest BCUT2D eigenvalue weighted by Gasteiger charge is 2.30. The molecule has 0 atom stereocenters. The maximum Gasteiger partial charge on any atom is 0.209 e. The predicted octanol–water partition coefficient (Wildman–Crippen LogP) is 6.25. The molecule has 1 N–H and O–H groups in total. The SMILES string of the molecule is CCCC/C(=N\O)C(=C(c1ccccc1)c1ccccc1)S(=O)(=O)c1ccc(C)cc1. The molecule has 0 radical (unpaired) electrons. The third-order valence-electron chi connectivity index (χ3n) is 5.10. The lowest BCUT2D eigenvalue weighted by Gasteiger charge is -2.18. The number of hydrogen-bond acceptors (Lipinski definition) is 4. The van der Waals surface area contributed by atoms with Gasteiger partial charge in [0.2, 0.25) is 9.84 Å². The highest BCUT2D eigenvalue weighted by Crippen LogP contribution is 2.34. The van der Waals surface area contributed by atoms with Crippen LogP contribution in [0.2, 0.25) is 0 Å². The molecule has 0 spiro atoms. The minimum atomic E-state index is -3.97. The predicted molar refractivity (Wildman–Crippen MR) is 126 cm³/mol. The van der Waals surface area contributed by atoms with Crippen LogP contribution in [-0.4, -0.2) is 19.3 Å². The van der Waals surface area contributed by atoms with Gasteiger partial charge in [0.1, 0.15) is 4.91 Å². The molecule has 3 aromatic carbocycles. The van der Waals surface area contributed by atoms with Crippen molar-refractivity contribution in [2.45, 2.75) is 38.0 Å². The van der Waals surface area contributed by atoms with Gasteiger partial charge in [-0.15, -0.1) is 0 Å². The highest BCUT2D eigenvalue weighted by molar-refractivity contribution is 7.96. The molecular formula is C26H27NO3S. The van der Waals surface area contributed by atoms with Crippen LogP contribution in [0.4, 0.5) is 0 Å². The van der Waals surface area contributed by atoms with Crippen molar-refractivity contribution in [3.8, 4) is 0 Å². The van der Waals surface area contributed by atoms with Crippen molar-refractivity contribution in [1.82, 2.24) is 0 Å². The number of oxime groups is 1. The monoisotopic (exact) mass is 433 g/mol. The van der Waals surface area contributed by atoms with Gasteiger partial charge < -0.3 is 5.21 Å². The second-order valence-corrected chi connectivity index (χ2v) is 9.29. The average Bonchev–Trinajstić information content (AvgIpc) is 2.80. The van der Waals surface area contributed by atoms with Crippen LogP contribution in [0.1, 0.15) is 42.9 Å². The third-order valence-corrected chi connectivity index (χ3v) is 6.97. The molecule has 3 rings (SSSR count). The zero-order chi connectivity index (χ0) is 22.3. The lowest BCUT2D eigenvalue weighted by molar-refractivity contribution is 0.318. The Morgan fingerprint density at radius 1 is 0.839 bits per heavy atom. The summed E-state index contributed by atoms with van der Waals surface area (Å²) in [5, 5.41) is 13.4. The van der Waals surface area contributed by atoms with Gasteiger partial charge in [-0.1, -0.05) is 96.9 Å². The van der Waals surface area contributed by atoms with E-state index in [1.165, 1.54) is 0 Å². The van der Waals surface area contributed by atoms with Crippen molar-refractivity contribution in [3.05, 3.63) is 107 Å². The second-order valence-electron chi connectivity index (χ2n) is 7.40. The second kappa shape index (κ2) is 10.2. The first-order chi connectivity index (χ1) is 15.0. The van der Waals surface area contributed by atoms with E-state index in [9.17, 15) is 13.6 Å². The Morgan fingerprint density at radius 2 is 1.35 bits per heavy atom. The van der Waals surface area contributed by atoms with E-state index in [2.05, 4.69) is 5.16 Å². The fourth-order valence-electron chi connectivity index (χ4n) is 3.46. The molecule has 0 aliphatic heterocycles. The van der Waals surface area contributed by atoms with E-state index in [0.29, 0.717) is 18.4 Å². The van der Waals surface area contributed by atoms with E-state index >= 15 is 0 Å². The summed E-state index contributed by atoms with van der Waals surface area (Å²) < 4.78 is 27.9. The first kappa shape index (κ1) is 22.5. The van der Waals surface area contributed by atoms with Crippen molar-refractivity contribution in [1.29, 1.82) is 0 Å². The molecule has 0 aromatic heterocycles. The normalized spacial score (nSPS) is 11.9. The van der Waals surface area contributed by atoms with E-state index in [1.54, 1.807) is 24.3 Å². The number of allylic oxidation sites excluding steroid dienone is 1. The molecule has 5 heteroatoms. The Kier molecular flexibility index (Phi) is 7.42. The molecule has 31 heavy (non-hydrogen) atoms. The van der Waals surface area contributed by atoms with Crippen molar-refractivity contribution >= 4 is 21.1 Å². The van der Waals surface area contributed by atoms with Crippen molar-refractivity contribution < 1.29 is 13.6 Å². The number of nitrogens with zero attached hydrogens (tertiary/aromatic N) is 1.